The van der Waals surface area contributed by atoms with E-state index in [9.17, 15) is 33.9 Å². The smallest absolute Gasteiger partial charge is 0.407 e. The standard InChI is InChI=1S/C36H41N5O8/c1-21(2)16-28(33(37)45)39-31(42)19-38-34(46)29(17-22-10-4-3-5-11-22)40-35(47)30(18-32(43)44)41-36(48)49-20-27-25-14-8-6-12-23(25)24-13-7-9-15-26(24)27/h3-15,21,27-30H,16-20H2,1-2H3,(H2,37,45)(H,38,46)(H,39,42)(H,40,47)(H,41,48)(H,43,44)/t28-,29-,30-/m0/s1. The molecule has 258 valence electrons. The summed E-state index contributed by atoms with van der Waals surface area (Å²) >= 11 is 0. The number of carboxylic acids is 1. The molecule has 3 aromatic rings. The summed E-state index contributed by atoms with van der Waals surface area (Å²) in [7, 11) is 0. The number of fused-ring (bicyclic) bond motifs is 3. The Morgan fingerprint density at radius 2 is 1.35 bits per heavy atom. The van der Waals surface area contributed by atoms with Crippen LogP contribution in [-0.2, 0) is 35.1 Å². The molecule has 0 aromatic heterocycles. The van der Waals surface area contributed by atoms with Crippen molar-refractivity contribution in [1.82, 2.24) is 21.3 Å². The maximum Gasteiger partial charge on any atom is 0.407 e. The molecule has 5 amide bonds. The molecule has 1 aliphatic rings. The number of nitrogens with two attached hydrogens (primary N) is 1. The fourth-order valence-corrected chi connectivity index (χ4v) is 5.75. The molecule has 13 nitrogen and oxygen atoms in total. The fourth-order valence-electron chi connectivity index (χ4n) is 5.75. The number of amides is 5. The number of carbonyl (C=O) groups excluding carboxylic acids is 5. The maximum absolute atomic E-state index is 13.4. The molecule has 3 atom stereocenters. The van der Waals surface area contributed by atoms with E-state index in [0.29, 0.717) is 12.0 Å². The first kappa shape index (κ1) is 36.1. The van der Waals surface area contributed by atoms with Gasteiger partial charge in [-0.2, -0.15) is 0 Å². The number of benzene rings is 3. The van der Waals surface area contributed by atoms with E-state index in [1.165, 1.54) is 0 Å². The summed E-state index contributed by atoms with van der Waals surface area (Å²) < 4.78 is 5.51. The molecule has 0 saturated carbocycles. The molecule has 3 aromatic carbocycles. The van der Waals surface area contributed by atoms with Gasteiger partial charge in [-0.15, -0.1) is 0 Å². The Balaban J connectivity index is 1.41. The first-order valence-electron chi connectivity index (χ1n) is 16.0. The van der Waals surface area contributed by atoms with Crippen LogP contribution >= 0.6 is 0 Å². The van der Waals surface area contributed by atoms with Crippen molar-refractivity contribution in [3.63, 3.8) is 0 Å². The minimum atomic E-state index is -1.59. The first-order valence-corrected chi connectivity index (χ1v) is 16.0. The zero-order chi connectivity index (χ0) is 35.5. The summed E-state index contributed by atoms with van der Waals surface area (Å²) in [5, 5.41) is 19.3. The van der Waals surface area contributed by atoms with Gasteiger partial charge in [0.1, 0.15) is 24.7 Å². The number of primary amides is 1. The van der Waals surface area contributed by atoms with Crippen molar-refractivity contribution >= 4 is 35.7 Å². The van der Waals surface area contributed by atoms with E-state index < -0.39 is 66.8 Å². The third kappa shape index (κ3) is 10.1. The molecule has 0 aliphatic heterocycles. The number of rotatable bonds is 16. The molecule has 0 spiro atoms. The van der Waals surface area contributed by atoms with E-state index >= 15 is 0 Å². The van der Waals surface area contributed by atoms with Crippen molar-refractivity contribution in [2.24, 2.45) is 11.7 Å². The predicted molar refractivity (Wildman–Crippen MR) is 180 cm³/mol. The Hall–Kier alpha value is -5.72. The van der Waals surface area contributed by atoms with Gasteiger partial charge in [0.2, 0.25) is 23.6 Å². The molecule has 7 N–H and O–H groups in total. The van der Waals surface area contributed by atoms with Gasteiger partial charge in [0.25, 0.3) is 0 Å². The number of carbonyl (C=O) groups is 6. The summed E-state index contributed by atoms with van der Waals surface area (Å²) in [5.41, 5.74) is 10.1. The van der Waals surface area contributed by atoms with Crippen molar-refractivity contribution in [3.8, 4) is 11.1 Å². The number of ether oxygens (including phenoxy) is 1. The van der Waals surface area contributed by atoms with Gasteiger partial charge in [0.05, 0.1) is 13.0 Å². The summed E-state index contributed by atoms with van der Waals surface area (Å²) in [5.74, 6) is -4.63. The van der Waals surface area contributed by atoms with E-state index in [-0.39, 0.29) is 24.9 Å². The molecule has 0 saturated heterocycles. The highest BCUT2D eigenvalue weighted by molar-refractivity contribution is 5.95. The SMILES string of the molecule is CC(C)C[C@H](NC(=O)CNC(=O)[C@H](Cc1ccccc1)NC(=O)[C@H](CC(=O)O)NC(=O)OCC1c2ccccc2-c2ccccc21)C(N)=O. The number of alkyl carbamates (subject to hydrolysis) is 1. The molecule has 0 heterocycles. The quantitative estimate of drug-likeness (QED) is 0.133. The van der Waals surface area contributed by atoms with Gasteiger partial charge in [-0.1, -0.05) is 92.7 Å². The monoisotopic (exact) mass is 671 g/mol. The lowest BCUT2D eigenvalue weighted by Crippen LogP contribution is -2.56. The average Bonchev–Trinajstić information content (AvgIpc) is 3.38. The van der Waals surface area contributed by atoms with Crippen LogP contribution in [-0.4, -0.2) is 72.1 Å². The van der Waals surface area contributed by atoms with Crippen LogP contribution in [0.25, 0.3) is 11.1 Å². The van der Waals surface area contributed by atoms with Crippen LogP contribution in [0.15, 0.2) is 78.9 Å². The highest BCUT2D eigenvalue weighted by Gasteiger charge is 2.32. The molecule has 0 bridgehead atoms. The lowest BCUT2D eigenvalue weighted by molar-refractivity contribution is -0.140. The number of carboxylic acid groups (broad SMARTS) is 1. The molecule has 1 aliphatic carbocycles. The molecule has 0 unspecified atom stereocenters. The van der Waals surface area contributed by atoms with E-state index in [1.807, 2.05) is 62.4 Å². The minimum absolute atomic E-state index is 0.0119. The second kappa shape index (κ2) is 16.9. The maximum atomic E-state index is 13.4. The Morgan fingerprint density at radius 3 is 1.92 bits per heavy atom. The Kier molecular flexibility index (Phi) is 12.5. The second-order valence-electron chi connectivity index (χ2n) is 12.2. The molecule has 49 heavy (non-hydrogen) atoms. The molecule has 0 radical (unpaired) electrons. The Labute approximate surface area is 284 Å². The number of aliphatic carboxylic acids is 1. The lowest BCUT2D eigenvalue weighted by atomic mass is 9.98. The van der Waals surface area contributed by atoms with Gasteiger partial charge in [0, 0.05) is 12.3 Å². The number of hydrogen-bond donors (Lipinski definition) is 6. The Morgan fingerprint density at radius 1 is 0.755 bits per heavy atom. The molecule has 0 fully saturated rings. The Bertz CT molecular complexity index is 1630. The zero-order valence-electron chi connectivity index (χ0n) is 27.3. The average molecular weight is 672 g/mol. The third-order valence-corrected chi connectivity index (χ3v) is 8.06. The van der Waals surface area contributed by atoms with E-state index in [1.54, 1.807) is 30.3 Å². The summed E-state index contributed by atoms with van der Waals surface area (Å²) in [6.45, 7) is 3.15. The highest BCUT2D eigenvalue weighted by atomic mass is 16.5. The van der Waals surface area contributed by atoms with Gasteiger partial charge < -0.3 is 36.8 Å². The topological polar surface area (TPSA) is 206 Å². The number of nitrogens with one attached hydrogen (secondary N) is 4. The van der Waals surface area contributed by atoms with Crippen LogP contribution in [0, 0.1) is 5.92 Å². The number of hydrogen-bond acceptors (Lipinski definition) is 7. The van der Waals surface area contributed by atoms with E-state index in [4.69, 9.17) is 10.5 Å². The summed E-state index contributed by atoms with van der Waals surface area (Å²) in [4.78, 5) is 75.6. The fraction of sp³-hybridized carbons (Fsp3) is 0.333. The van der Waals surface area contributed by atoms with Crippen LogP contribution in [0.3, 0.4) is 0 Å². The van der Waals surface area contributed by atoms with Crippen molar-refractivity contribution in [1.29, 1.82) is 0 Å². The molecule has 13 heteroatoms. The van der Waals surface area contributed by atoms with Gasteiger partial charge in [-0.3, -0.25) is 24.0 Å². The highest BCUT2D eigenvalue weighted by Crippen LogP contribution is 2.44. The lowest BCUT2D eigenvalue weighted by Gasteiger charge is -2.23. The van der Waals surface area contributed by atoms with Crippen LogP contribution in [0.4, 0.5) is 4.79 Å². The van der Waals surface area contributed by atoms with Crippen LogP contribution in [0.2, 0.25) is 0 Å². The van der Waals surface area contributed by atoms with Crippen LogP contribution < -0.4 is 27.0 Å². The summed E-state index contributed by atoms with van der Waals surface area (Å²) in [6.07, 6.45) is -1.50. The molecular weight excluding hydrogens is 630 g/mol. The van der Waals surface area contributed by atoms with Crippen molar-refractivity contribution in [2.75, 3.05) is 13.2 Å². The third-order valence-electron chi connectivity index (χ3n) is 8.06. The normalized spacial score (nSPS) is 13.6. The van der Waals surface area contributed by atoms with Gasteiger partial charge in [0.15, 0.2) is 0 Å². The first-order chi connectivity index (χ1) is 23.4. The van der Waals surface area contributed by atoms with Gasteiger partial charge >= 0.3 is 12.1 Å². The van der Waals surface area contributed by atoms with E-state index in [2.05, 4.69) is 21.3 Å². The minimum Gasteiger partial charge on any atom is -0.481 e. The largest absolute Gasteiger partial charge is 0.481 e. The second-order valence-corrected chi connectivity index (χ2v) is 12.2. The summed E-state index contributed by atoms with van der Waals surface area (Å²) in [6, 6.07) is 20.4. The molecular formula is C36H41N5O8. The van der Waals surface area contributed by atoms with Gasteiger partial charge in [-0.25, -0.2) is 4.79 Å². The van der Waals surface area contributed by atoms with Crippen molar-refractivity contribution in [2.45, 2.75) is 57.2 Å². The van der Waals surface area contributed by atoms with Crippen LogP contribution in [0.5, 0.6) is 0 Å². The predicted octanol–water partition coefficient (Wildman–Crippen LogP) is 2.23. The molecule has 4 rings (SSSR count). The van der Waals surface area contributed by atoms with Crippen LogP contribution in [0.1, 0.15) is 49.3 Å². The van der Waals surface area contributed by atoms with Gasteiger partial charge in [-0.05, 0) is 40.2 Å². The van der Waals surface area contributed by atoms with E-state index in [0.717, 1.165) is 22.3 Å². The van der Waals surface area contributed by atoms with Crippen molar-refractivity contribution < 1.29 is 38.6 Å². The zero-order valence-corrected chi connectivity index (χ0v) is 27.3. The van der Waals surface area contributed by atoms with Crippen molar-refractivity contribution in [3.05, 3.63) is 95.6 Å².